The van der Waals surface area contributed by atoms with E-state index >= 15 is 0 Å². The summed E-state index contributed by atoms with van der Waals surface area (Å²) in [7, 11) is 1.68. The molecule has 3 heteroatoms. The average molecular weight is 359 g/mol. The van der Waals surface area contributed by atoms with Crippen LogP contribution in [0.25, 0.3) is 0 Å². The minimum atomic E-state index is -0.0549. The van der Waals surface area contributed by atoms with Crippen molar-refractivity contribution < 1.29 is 9.84 Å². The molecule has 27 heavy (non-hydrogen) atoms. The van der Waals surface area contributed by atoms with Gasteiger partial charge in [-0.3, -0.25) is 0 Å². The van der Waals surface area contributed by atoms with Crippen LogP contribution in [0.5, 0.6) is 11.5 Å². The number of ether oxygens (including phenoxy) is 1. The van der Waals surface area contributed by atoms with E-state index in [1.165, 1.54) is 5.56 Å². The molecule has 0 aliphatic carbocycles. The quantitative estimate of drug-likeness (QED) is 0.543. The molecule has 3 aromatic rings. The Morgan fingerprint density at radius 1 is 0.963 bits per heavy atom. The molecular formula is C24H25NO2. The van der Waals surface area contributed by atoms with Gasteiger partial charge in [-0.1, -0.05) is 72.8 Å². The van der Waals surface area contributed by atoms with Crippen LogP contribution in [-0.4, -0.2) is 12.2 Å². The standard InChI is InChI=1S/C24H25NO2/c1-3-20(18-11-5-4-6-12-18)24(21-14-8-10-16-23(21)27-2)25-17-19-13-7-9-15-22(19)26/h3-16,20,24-26H,1,17H2,2H3/t20-,24+/m1/s1. The van der Waals surface area contributed by atoms with Gasteiger partial charge in [0.1, 0.15) is 11.5 Å². The Labute approximate surface area is 161 Å². The van der Waals surface area contributed by atoms with Gasteiger partial charge in [-0.2, -0.15) is 0 Å². The lowest BCUT2D eigenvalue weighted by Crippen LogP contribution is -2.26. The van der Waals surface area contributed by atoms with Gasteiger partial charge in [0.25, 0.3) is 0 Å². The van der Waals surface area contributed by atoms with Crippen LogP contribution in [0.4, 0.5) is 0 Å². The Morgan fingerprint density at radius 3 is 2.33 bits per heavy atom. The number of hydrogen-bond acceptors (Lipinski definition) is 3. The van der Waals surface area contributed by atoms with Crippen LogP contribution in [0.1, 0.15) is 28.7 Å². The first kappa shape index (κ1) is 18.7. The first-order valence-electron chi connectivity index (χ1n) is 9.05. The van der Waals surface area contributed by atoms with Gasteiger partial charge in [0.15, 0.2) is 0 Å². The Bertz CT molecular complexity index is 876. The second kappa shape index (κ2) is 9.06. The molecular weight excluding hydrogens is 334 g/mol. The minimum Gasteiger partial charge on any atom is -0.508 e. The molecule has 3 nitrogen and oxygen atoms in total. The number of benzene rings is 3. The molecule has 0 spiro atoms. The zero-order chi connectivity index (χ0) is 19.1. The lowest BCUT2D eigenvalue weighted by Gasteiger charge is -2.28. The van der Waals surface area contributed by atoms with Crippen LogP contribution in [0.3, 0.4) is 0 Å². The summed E-state index contributed by atoms with van der Waals surface area (Å²) < 4.78 is 5.61. The van der Waals surface area contributed by atoms with Crippen molar-refractivity contribution in [3.8, 4) is 11.5 Å². The third-order valence-electron chi connectivity index (χ3n) is 4.78. The van der Waals surface area contributed by atoms with Gasteiger partial charge < -0.3 is 15.2 Å². The van der Waals surface area contributed by atoms with Crippen molar-refractivity contribution in [2.45, 2.75) is 18.5 Å². The van der Waals surface area contributed by atoms with Crippen LogP contribution < -0.4 is 10.1 Å². The van der Waals surface area contributed by atoms with Crippen molar-refractivity contribution in [1.82, 2.24) is 5.32 Å². The fraction of sp³-hybridized carbons (Fsp3) is 0.167. The first-order chi connectivity index (χ1) is 13.2. The predicted octanol–water partition coefficient (Wildman–Crippen LogP) is 5.20. The molecule has 138 valence electrons. The van der Waals surface area contributed by atoms with Crippen LogP contribution in [-0.2, 0) is 6.54 Å². The van der Waals surface area contributed by atoms with Gasteiger partial charge in [0, 0.05) is 29.6 Å². The maximum Gasteiger partial charge on any atom is 0.123 e. The molecule has 0 saturated heterocycles. The van der Waals surface area contributed by atoms with Gasteiger partial charge in [0.2, 0.25) is 0 Å². The molecule has 0 heterocycles. The van der Waals surface area contributed by atoms with Crippen LogP contribution in [0.2, 0.25) is 0 Å². The van der Waals surface area contributed by atoms with Crippen LogP contribution in [0.15, 0.2) is 91.5 Å². The van der Waals surface area contributed by atoms with Crippen molar-refractivity contribution in [3.63, 3.8) is 0 Å². The minimum absolute atomic E-state index is 0.0494. The fourth-order valence-electron chi connectivity index (χ4n) is 3.37. The number of hydrogen-bond donors (Lipinski definition) is 2. The van der Waals surface area contributed by atoms with Crippen molar-refractivity contribution in [2.75, 3.05) is 7.11 Å². The second-order valence-corrected chi connectivity index (χ2v) is 6.40. The lowest BCUT2D eigenvalue weighted by molar-refractivity contribution is 0.391. The predicted molar refractivity (Wildman–Crippen MR) is 110 cm³/mol. The molecule has 0 unspecified atom stereocenters. The lowest BCUT2D eigenvalue weighted by atomic mass is 9.86. The largest absolute Gasteiger partial charge is 0.508 e. The van der Waals surface area contributed by atoms with E-state index in [9.17, 15) is 5.11 Å². The summed E-state index contributed by atoms with van der Waals surface area (Å²) in [6.07, 6.45) is 1.96. The normalized spacial score (nSPS) is 12.9. The molecule has 3 rings (SSSR count). The number of rotatable bonds is 8. The SMILES string of the molecule is C=C[C@H](c1ccccc1)[C@H](NCc1ccccc1O)c1ccccc1OC. The Morgan fingerprint density at radius 2 is 1.63 bits per heavy atom. The highest BCUT2D eigenvalue weighted by Crippen LogP contribution is 2.37. The Balaban J connectivity index is 1.98. The van der Waals surface area contributed by atoms with Gasteiger partial charge in [-0.25, -0.2) is 0 Å². The number of nitrogens with one attached hydrogen (secondary N) is 1. The molecule has 0 aromatic heterocycles. The summed E-state index contributed by atoms with van der Waals surface area (Å²) in [5.41, 5.74) is 3.09. The van der Waals surface area contributed by atoms with Gasteiger partial charge >= 0.3 is 0 Å². The van der Waals surface area contributed by atoms with Crippen molar-refractivity contribution in [3.05, 3.63) is 108 Å². The van der Waals surface area contributed by atoms with E-state index in [2.05, 4.69) is 30.1 Å². The number of methoxy groups -OCH3 is 1. The summed E-state index contributed by atoms with van der Waals surface area (Å²) in [4.78, 5) is 0. The summed E-state index contributed by atoms with van der Waals surface area (Å²) >= 11 is 0. The van der Waals surface area contributed by atoms with Crippen LogP contribution >= 0.6 is 0 Å². The Kier molecular flexibility index (Phi) is 6.29. The number of para-hydroxylation sites is 2. The topological polar surface area (TPSA) is 41.5 Å². The van der Waals surface area contributed by atoms with Crippen molar-refractivity contribution in [1.29, 1.82) is 0 Å². The van der Waals surface area contributed by atoms with Crippen molar-refractivity contribution in [2.24, 2.45) is 0 Å². The molecule has 2 atom stereocenters. The molecule has 0 aliphatic heterocycles. The molecule has 2 N–H and O–H groups in total. The zero-order valence-corrected chi connectivity index (χ0v) is 15.5. The monoisotopic (exact) mass is 359 g/mol. The number of phenols is 1. The summed E-state index contributed by atoms with van der Waals surface area (Å²) in [5.74, 6) is 1.17. The Hall–Kier alpha value is -3.04. The molecule has 3 aromatic carbocycles. The maximum atomic E-state index is 10.1. The van der Waals surface area contributed by atoms with Gasteiger partial charge in [0.05, 0.1) is 7.11 Å². The highest BCUT2D eigenvalue weighted by molar-refractivity contribution is 5.40. The maximum absolute atomic E-state index is 10.1. The van der Waals surface area contributed by atoms with Gasteiger partial charge in [-0.05, 0) is 17.7 Å². The highest BCUT2D eigenvalue weighted by atomic mass is 16.5. The molecule has 0 amide bonds. The zero-order valence-electron chi connectivity index (χ0n) is 15.5. The summed E-state index contributed by atoms with van der Waals surface area (Å²) in [6.45, 7) is 4.62. The van der Waals surface area contributed by atoms with E-state index < -0.39 is 0 Å². The van der Waals surface area contributed by atoms with E-state index in [1.807, 2.05) is 60.7 Å². The number of aromatic hydroxyl groups is 1. The first-order valence-corrected chi connectivity index (χ1v) is 9.05. The molecule has 0 bridgehead atoms. The third kappa shape index (κ3) is 4.39. The van der Waals surface area contributed by atoms with E-state index in [1.54, 1.807) is 13.2 Å². The second-order valence-electron chi connectivity index (χ2n) is 6.40. The number of phenolic OH excluding ortho intramolecular Hbond substituents is 1. The van der Waals surface area contributed by atoms with Crippen molar-refractivity contribution >= 4 is 0 Å². The molecule has 0 fully saturated rings. The molecule has 0 saturated carbocycles. The van der Waals surface area contributed by atoms with Crippen LogP contribution in [0, 0.1) is 0 Å². The van der Waals surface area contributed by atoms with E-state index in [0.717, 1.165) is 16.9 Å². The third-order valence-corrected chi connectivity index (χ3v) is 4.78. The molecule has 0 radical (unpaired) electrons. The van der Waals surface area contributed by atoms with E-state index in [-0.39, 0.29) is 12.0 Å². The fourth-order valence-corrected chi connectivity index (χ4v) is 3.37. The summed E-state index contributed by atoms with van der Waals surface area (Å²) in [5, 5.41) is 13.7. The van der Waals surface area contributed by atoms with E-state index in [0.29, 0.717) is 12.3 Å². The molecule has 0 aliphatic rings. The average Bonchev–Trinajstić information content (AvgIpc) is 2.73. The van der Waals surface area contributed by atoms with Gasteiger partial charge in [-0.15, -0.1) is 6.58 Å². The highest BCUT2D eigenvalue weighted by Gasteiger charge is 2.25. The smallest absolute Gasteiger partial charge is 0.123 e. The van der Waals surface area contributed by atoms with E-state index in [4.69, 9.17) is 4.74 Å². The summed E-state index contributed by atoms with van der Waals surface area (Å²) in [6, 6.07) is 25.6.